The zero-order chi connectivity index (χ0) is 16.3. The van der Waals surface area contributed by atoms with Gasteiger partial charge in [-0.1, -0.05) is 28.1 Å². The van der Waals surface area contributed by atoms with Crippen molar-refractivity contribution in [1.29, 1.82) is 0 Å². The Bertz CT molecular complexity index is 629. The maximum absolute atomic E-state index is 11.8. The van der Waals surface area contributed by atoms with E-state index in [0.29, 0.717) is 5.56 Å². The van der Waals surface area contributed by atoms with Gasteiger partial charge in [0.25, 0.3) is 5.91 Å². The largest absolute Gasteiger partial charge is 0.456 e. The summed E-state index contributed by atoms with van der Waals surface area (Å²) < 4.78 is 5.65. The summed E-state index contributed by atoms with van der Waals surface area (Å²) in [5.41, 5.74) is 0.407. The number of imide groups is 1. The van der Waals surface area contributed by atoms with Crippen LogP contribution in [0, 0.1) is 0 Å². The lowest BCUT2D eigenvalue weighted by atomic mass is 10.1. The van der Waals surface area contributed by atoms with E-state index >= 15 is 0 Å². The molecule has 1 aliphatic rings. The molecule has 2 rings (SSSR count). The van der Waals surface area contributed by atoms with Crippen LogP contribution in [-0.4, -0.2) is 60.2 Å². The number of carbonyl (C=O) groups is 4. The summed E-state index contributed by atoms with van der Waals surface area (Å²) >= 11 is 3.25. The Morgan fingerprint density at radius 2 is 1.86 bits per heavy atom. The number of ketones is 1. The van der Waals surface area contributed by atoms with Gasteiger partial charge in [-0.05, 0) is 12.1 Å². The molecule has 0 spiro atoms. The molecule has 3 amide bonds. The number of halogens is 1. The van der Waals surface area contributed by atoms with Crippen LogP contribution in [0.3, 0.4) is 0 Å². The molecule has 0 aliphatic carbocycles. The number of likely N-dealkylation sites (N-methyl/N-ethyl adjacent to an activating group) is 1. The lowest BCUT2D eigenvalue weighted by Gasteiger charge is -2.13. The van der Waals surface area contributed by atoms with E-state index in [9.17, 15) is 19.2 Å². The predicted octanol–water partition coefficient (Wildman–Crippen LogP) is 1.07. The molecule has 0 saturated carbocycles. The zero-order valence-corrected chi connectivity index (χ0v) is 13.3. The summed E-state index contributed by atoms with van der Waals surface area (Å²) in [5, 5.41) is 0. The van der Waals surface area contributed by atoms with Crippen molar-refractivity contribution in [3.05, 3.63) is 34.3 Å². The number of esters is 1. The Morgan fingerprint density at radius 3 is 2.41 bits per heavy atom. The van der Waals surface area contributed by atoms with E-state index in [1.807, 2.05) is 0 Å². The smallest absolute Gasteiger partial charge is 0.327 e. The highest BCUT2D eigenvalue weighted by molar-refractivity contribution is 9.10. The predicted molar refractivity (Wildman–Crippen MR) is 79.2 cm³/mol. The number of ether oxygens (including phenoxy) is 1. The van der Waals surface area contributed by atoms with Crippen molar-refractivity contribution in [3.63, 3.8) is 0 Å². The standard InChI is InChI=1S/C14H13BrN2O5/c1-16-6-12(19)17(14(16)21)7-13(20)22-8-11(18)9-2-4-10(15)5-3-9/h2-5H,6-8H2,1H3. The second-order valence-corrected chi connectivity index (χ2v) is 5.62. The highest BCUT2D eigenvalue weighted by Gasteiger charge is 2.35. The molecule has 1 aromatic carbocycles. The van der Waals surface area contributed by atoms with Crippen molar-refractivity contribution < 1.29 is 23.9 Å². The number of hydrogen-bond donors (Lipinski definition) is 0. The summed E-state index contributed by atoms with van der Waals surface area (Å²) in [7, 11) is 1.46. The van der Waals surface area contributed by atoms with Crippen molar-refractivity contribution in [2.45, 2.75) is 0 Å². The summed E-state index contributed by atoms with van der Waals surface area (Å²) in [6, 6.07) is 6.05. The summed E-state index contributed by atoms with van der Waals surface area (Å²) in [4.78, 5) is 48.6. The van der Waals surface area contributed by atoms with Crippen molar-refractivity contribution in [3.8, 4) is 0 Å². The normalized spacial score (nSPS) is 14.5. The molecule has 0 N–H and O–H groups in total. The van der Waals surface area contributed by atoms with Crippen LogP contribution in [0.15, 0.2) is 28.7 Å². The number of nitrogens with zero attached hydrogens (tertiary/aromatic N) is 2. The first-order valence-corrected chi connectivity index (χ1v) is 7.17. The van der Waals surface area contributed by atoms with Crippen molar-refractivity contribution in [2.24, 2.45) is 0 Å². The molecule has 1 aliphatic heterocycles. The SMILES string of the molecule is CN1CC(=O)N(CC(=O)OCC(=O)c2ccc(Br)cc2)C1=O. The van der Waals surface area contributed by atoms with Gasteiger partial charge in [0.15, 0.2) is 12.4 Å². The summed E-state index contributed by atoms with van der Waals surface area (Å²) in [5.74, 6) is -1.64. The van der Waals surface area contributed by atoms with E-state index in [1.54, 1.807) is 24.3 Å². The van der Waals surface area contributed by atoms with Gasteiger partial charge in [0, 0.05) is 17.1 Å². The number of urea groups is 1. The van der Waals surface area contributed by atoms with Gasteiger partial charge in [0.2, 0.25) is 0 Å². The molecule has 1 fully saturated rings. The second-order valence-electron chi connectivity index (χ2n) is 4.71. The van der Waals surface area contributed by atoms with Crippen LogP contribution < -0.4 is 0 Å². The van der Waals surface area contributed by atoms with Gasteiger partial charge in [-0.3, -0.25) is 19.3 Å². The molecule has 1 saturated heterocycles. The lowest BCUT2D eigenvalue weighted by Crippen LogP contribution is -2.37. The summed E-state index contributed by atoms with van der Waals surface area (Å²) in [6.45, 7) is -0.994. The molecule has 1 aromatic rings. The number of amides is 3. The van der Waals surface area contributed by atoms with Crippen molar-refractivity contribution in [1.82, 2.24) is 9.80 Å². The Labute approximate surface area is 134 Å². The van der Waals surface area contributed by atoms with Crippen LogP contribution >= 0.6 is 15.9 Å². The third-order valence-electron chi connectivity index (χ3n) is 3.05. The van der Waals surface area contributed by atoms with E-state index < -0.39 is 31.1 Å². The minimum atomic E-state index is -0.803. The van der Waals surface area contributed by atoms with Gasteiger partial charge in [-0.2, -0.15) is 0 Å². The Morgan fingerprint density at radius 1 is 1.23 bits per heavy atom. The van der Waals surface area contributed by atoms with Gasteiger partial charge in [0.1, 0.15) is 13.1 Å². The Hall–Kier alpha value is -2.22. The topological polar surface area (TPSA) is 84.0 Å². The number of hydrogen-bond acceptors (Lipinski definition) is 5. The lowest BCUT2D eigenvalue weighted by molar-refractivity contribution is -0.145. The van der Waals surface area contributed by atoms with Crippen molar-refractivity contribution >= 4 is 39.6 Å². The average molecular weight is 369 g/mol. The van der Waals surface area contributed by atoms with Crippen LogP contribution in [0.2, 0.25) is 0 Å². The molecular weight excluding hydrogens is 356 g/mol. The molecule has 8 heteroatoms. The fourth-order valence-corrected chi connectivity index (χ4v) is 2.13. The molecular formula is C14H13BrN2O5. The maximum atomic E-state index is 11.8. The molecule has 0 aromatic heterocycles. The monoisotopic (exact) mass is 368 g/mol. The van der Waals surface area contributed by atoms with Crippen LogP contribution in [0.25, 0.3) is 0 Å². The molecule has 0 bridgehead atoms. The first-order chi connectivity index (χ1) is 10.4. The third-order valence-corrected chi connectivity index (χ3v) is 3.58. The number of Topliss-reactive ketones (excluding diaryl/α,β-unsaturated/α-hetero) is 1. The van der Waals surface area contributed by atoms with Crippen LogP contribution in [0.5, 0.6) is 0 Å². The number of benzene rings is 1. The molecule has 1 heterocycles. The zero-order valence-electron chi connectivity index (χ0n) is 11.7. The fourth-order valence-electron chi connectivity index (χ4n) is 1.86. The van der Waals surface area contributed by atoms with Gasteiger partial charge in [-0.25, -0.2) is 4.79 Å². The van der Waals surface area contributed by atoms with Crippen LogP contribution in [0.4, 0.5) is 4.79 Å². The second kappa shape index (κ2) is 6.69. The molecule has 0 atom stereocenters. The minimum absolute atomic E-state index is 0.0655. The third kappa shape index (κ3) is 3.70. The van der Waals surface area contributed by atoms with Crippen LogP contribution in [0.1, 0.15) is 10.4 Å². The Kier molecular flexibility index (Phi) is 4.92. The van der Waals surface area contributed by atoms with Gasteiger partial charge in [-0.15, -0.1) is 0 Å². The number of rotatable bonds is 5. The van der Waals surface area contributed by atoms with Gasteiger partial charge < -0.3 is 9.64 Å². The molecule has 22 heavy (non-hydrogen) atoms. The molecule has 0 radical (unpaired) electrons. The number of carbonyl (C=O) groups excluding carboxylic acids is 4. The van der Waals surface area contributed by atoms with E-state index in [-0.39, 0.29) is 12.3 Å². The van der Waals surface area contributed by atoms with E-state index in [0.717, 1.165) is 9.37 Å². The highest BCUT2D eigenvalue weighted by Crippen LogP contribution is 2.11. The van der Waals surface area contributed by atoms with E-state index in [1.165, 1.54) is 11.9 Å². The van der Waals surface area contributed by atoms with Crippen molar-refractivity contribution in [2.75, 3.05) is 26.7 Å². The maximum Gasteiger partial charge on any atom is 0.327 e. The van der Waals surface area contributed by atoms with E-state index in [4.69, 9.17) is 4.74 Å². The first-order valence-electron chi connectivity index (χ1n) is 6.38. The summed E-state index contributed by atoms with van der Waals surface area (Å²) in [6.07, 6.45) is 0. The average Bonchev–Trinajstić information content (AvgIpc) is 2.72. The fraction of sp³-hybridized carbons (Fsp3) is 0.286. The first kappa shape index (κ1) is 16.2. The van der Waals surface area contributed by atoms with Crippen LogP contribution in [-0.2, 0) is 14.3 Å². The van der Waals surface area contributed by atoms with E-state index in [2.05, 4.69) is 15.9 Å². The highest BCUT2D eigenvalue weighted by atomic mass is 79.9. The van der Waals surface area contributed by atoms with Gasteiger partial charge >= 0.3 is 12.0 Å². The Balaban J connectivity index is 1.85. The molecule has 116 valence electrons. The molecule has 0 unspecified atom stereocenters. The quantitative estimate of drug-likeness (QED) is 0.441. The van der Waals surface area contributed by atoms with Gasteiger partial charge in [0.05, 0.1) is 0 Å². The minimum Gasteiger partial charge on any atom is -0.456 e. The molecule has 7 nitrogen and oxygen atoms in total.